The zero-order chi connectivity index (χ0) is 5.11. The van der Waals surface area contributed by atoms with Crippen molar-refractivity contribution < 1.29 is 4.39 Å². The SMILES string of the molecule is Fc1cc[c]nc1. The zero-order valence-corrected chi connectivity index (χ0v) is 3.56. The standard InChI is InChI=1S/C5H3FN/c6-5-2-1-3-7-4-5/h1-2,4H. The first-order chi connectivity index (χ1) is 3.39. The van der Waals surface area contributed by atoms with E-state index < -0.39 is 0 Å². The predicted octanol–water partition coefficient (Wildman–Crippen LogP) is 1.02. The van der Waals surface area contributed by atoms with E-state index in [1.807, 2.05) is 0 Å². The van der Waals surface area contributed by atoms with Gasteiger partial charge in [-0.3, -0.25) is 4.98 Å². The smallest absolute Gasteiger partial charge is 0.141 e. The summed E-state index contributed by atoms with van der Waals surface area (Å²) < 4.78 is 11.8. The van der Waals surface area contributed by atoms with E-state index in [2.05, 4.69) is 11.2 Å². The Labute approximate surface area is 40.8 Å². The normalized spacial score (nSPS) is 8.71. The number of aromatic nitrogens is 1. The number of halogens is 1. The van der Waals surface area contributed by atoms with Crippen LogP contribution >= 0.6 is 0 Å². The van der Waals surface area contributed by atoms with Crippen LogP contribution in [0.2, 0.25) is 0 Å². The largest absolute Gasteiger partial charge is 0.252 e. The maximum Gasteiger partial charge on any atom is 0.141 e. The van der Waals surface area contributed by atoms with Gasteiger partial charge in [0.05, 0.1) is 12.4 Å². The van der Waals surface area contributed by atoms with Crippen LogP contribution < -0.4 is 0 Å². The summed E-state index contributed by atoms with van der Waals surface area (Å²) in [7, 11) is 0. The van der Waals surface area contributed by atoms with E-state index in [4.69, 9.17) is 0 Å². The molecule has 0 amide bonds. The molecule has 35 valence electrons. The molecule has 0 aliphatic carbocycles. The van der Waals surface area contributed by atoms with Crippen LogP contribution in [0.1, 0.15) is 0 Å². The summed E-state index contributed by atoms with van der Waals surface area (Å²) in [6.45, 7) is 0. The van der Waals surface area contributed by atoms with E-state index in [0.717, 1.165) is 6.20 Å². The lowest BCUT2D eigenvalue weighted by atomic mass is 10.5. The third-order valence-electron chi connectivity index (χ3n) is 0.580. The maximum absolute atomic E-state index is 11.8. The van der Waals surface area contributed by atoms with Gasteiger partial charge in [0.25, 0.3) is 0 Å². The number of hydrogen-bond acceptors (Lipinski definition) is 1. The third-order valence-corrected chi connectivity index (χ3v) is 0.580. The van der Waals surface area contributed by atoms with Gasteiger partial charge in [0.15, 0.2) is 0 Å². The molecule has 0 saturated heterocycles. The second-order valence-electron chi connectivity index (χ2n) is 1.11. The number of pyridine rings is 1. The van der Waals surface area contributed by atoms with Gasteiger partial charge in [0.2, 0.25) is 0 Å². The van der Waals surface area contributed by atoms with Crippen molar-refractivity contribution in [3.05, 3.63) is 30.3 Å². The van der Waals surface area contributed by atoms with Crippen LogP contribution in [-0.2, 0) is 0 Å². The minimum Gasteiger partial charge on any atom is -0.252 e. The predicted molar refractivity (Wildman–Crippen MR) is 23.0 cm³/mol. The first-order valence-corrected chi connectivity index (χ1v) is 1.87. The van der Waals surface area contributed by atoms with Gasteiger partial charge >= 0.3 is 0 Å². The maximum atomic E-state index is 11.8. The molecule has 7 heavy (non-hydrogen) atoms. The van der Waals surface area contributed by atoms with E-state index in [0.29, 0.717) is 0 Å². The number of rotatable bonds is 0. The fourth-order valence-corrected chi connectivity index (χ4v) is 0.302. The number of nitrogens with zero attached hydrogens (tertiary/aromatic N) is 1. The van der Waals surface area contributed by atoms with Crippen LogP contribution in [0, 0.1) is 12.0 Å². The summed E-state index contributed by atoms with van der Waals surface area (Å²) in [5, 5.41) is 0. The average Bonchev–Trinajstić information content (AvgIpc) is 1.69. The van der Waals surface area contributed by atoms with Crippen molar-refractivity contribution in [3.8, 4) is 0 Å². The van der Waals surface area contributed by atoms with Crippen molar-refractivity contribution >= 4 is 0 Å². The van der Waals surface area contributed by atoms with E-state index in [1.165, 1.54) is 12.1 Å². The summed E-state index contributed by atoms with van der Waals surface area (Å²) in [5.74, 6) is -0.321. The Morgan fingerprint density at radius 2 is 2.57 bits per heavy atom. The molecular formula is C5H3FN. The first kappa shape index (κ1) is 4.24. The molecule has 0 spiro atoms. The molecule has 0 atom stereocenters. The summed E-state index contributed by atoms with van der Waals surface area (Å²) in [6.07, 6.45) is 3.55. The summed E-state index contributed by atoms with van der Waals surface area (Å²) in [6, 6.07) is 2.72. The highest BCUT2D eigenvalue weighted by atomic mass is 19.1. The monoisotopic (exact) mass is 96.0 g/mol. The van der Waals surface area contributed by atoms with Crippen LogP contribution in [0.3, 0.4) is 0 Å². The lowest BCUT2D eigenvalue weighted by molar-refractivity contribution is 0.621. The molecule has 1 aromatic rings. The van der Waals surface area contributed by atoms with E-state index in [9.17, 15) is 4.39 Å². The molecule has 0 bridgehead atoms. The molecule has 0 fully saturated rings. The quantitative estimate of drug-likeness (QED) is 0.470. The van der Waals surface area contributed by atoms with E-state index >= 15 is 0 Å². The van der Waals surface area contributed by atoms with Crippen LogP contribution in [0.15, 0.2) is 18.3 Å². The summed E-state index contributed by atoms with van der Waals surface area (Å²) in [5.41, 5.74) is 0. The molecule has 1 heterocycles. The topological polar surface area (TPSA) is 12.9 Å². The number of hydrogen-bond donors (Lipinski definition) is 0. The minimum atomic E-state index is -0.321. The molecule has 2 heteroatoms. The Morgan fingerprint density at radius 1 is 1.71 bits per heavy atom. The van der Waals surface area contributed by atoms with Crippen molar-refractivity contribution in [2.75, 3.05) is 0 Å². The Kier molecular flexibility index (Phi) is 1.02. The van der Waals surface area contributed by atoms with Crippen molar-refractivity contribution in [2.24, 2.45) is 0 Å². The third kappa shape index (κ3) is 0.961. The highest BCUT2D eigenvalue weighted by molar-refractivity contribution is 4.91. The Morgan fingerprint density at radius 3 is 2.86 bits per heavy atom. The van der Waals surface area contributed by atoms with E-state index in [1.54, 1.807) is 0 Å². The van der Waals surface area contributed by atoms with Gasteiger partial charge in [-0.15, -0.1) is 0 Å². The van der Waals surface area contributed by atoms with Crippen molar-refractivity contribution in [1.82, 2.24) is 4.98 Å². The van der Waals surface area contributed by atoms with Gasteiger partial charge in [0.1, 0.15) is 5.82 Å². The van der Waals surface area contributed by atoms with Gasteiger partial charge in [-0.2, -0.15) is 0 Å². The average molecular weight is 96.1 g/mol. The Bertz CT molecular complexity index is 138. The van der Waals surface area contributed by atoms with E-state index in [-0.39, 0.29) is 5.82 Å². The van der Waals surface area contributed by atoms with Crippen molar-refractivity contribution in [1.29, 1.82) is 0 Å². The zero-order valence-electron chi connectivity index (χ0n) is 3.56. The molecule has 1 rings (SSSR count). The molecule has 1 nitrogen and oxygen atoms in total. The highest BCUT2D eigenvalue weighted by Crippen LogP contribution is 1.87. The molecule has 0 aliphatic heterocycles. The molecule has 0 aliphatic rings. The fraction of sp³-hybridized carbons (Fsp3) is 0. The Balaban J connectivity index is 3.02. The first-order valence-electron chi connectivity index (χ1n) is 1.87. The summed E-state index contributed by atoms with van der Waals surface area (Å²) in [4.78, 5) is 3.38. The van der Waals surface area contributed by atoms with Gasteiger partial charge < -0.3 is 0 Å². The molecule has 1 radical (unpaired) electrons. The molecule has 1 aromatic heterocycles. The lowest BCUT2D eigenvalue weighted by Gasteiger charge is -1.77. The molecule has 0 aromatic carbocycles. The van der Waals surface area contributed by atoms with Crippen LogP contribution in [0.25, 0.3) is 0 Å². The molecule has 0 unspecified atom stereocenters. The molecular weight excluding hydrogens is 93.1 g/mol. The minimum absolute atomic E-state index is 0.321. The fourth-order valence-electron chi connectivity index (χ4n) is 0.302. The van der Waals surface area contributed by atoms with Gasteiger partial charge in [-0.25, -0.2) is 4.39 Å². The van der Waals surface area contributed by atoms with Crippen molar-refractivity contribution in [2.45, 2.75) is 0 Å². The summed E-state index contributed by atoms with van der Waals surface area (Å²) >= 11 is 0. The van der Waals surface area contributed by atoms with Crippen molar-refractivity contribution in [3.63, 3.8) is 0 Å². The molecule has 0 saturated carbocycles. The second kappa shape index (κ2) is 1.69. The molecule has 0 N–H and O–H groups in total. The van der Waals surface area contributed by atoms with Gasteiger partial charge in [-0.05, 0) is 12.1 Å². The van der Waals surface area contributed by atoms with Gasteiger partial charge in [0, 0.05) is 0 Å². The highest BCUT2D eigenvalue weighted by Gasteiger charge is 1.79. The Hall–Kier alpha value is -0.920. The van der Waals surface area contributed by atoms with Crippen LogP contribution in [0.4, 0.5) is 4.39 Å². The lowest BCUT2D eigenvalue weighted by Crippen LogP contribution is -1.71. The van der Waals surface area contributed by atoms with Gasteiger partial charge in [-0.1, -0.05) is 0 Å². The second-order valence-corrected chi connectivity index (χ2v) is 1.11. The van der Waals surface area contributed by atoms with Crippen LogP contribution in [0.5, 0.6) is 0 Å². The van der Waals surface area contributed by atoms with Crippen LogP contribution in [-0.4, -0.2) is 4.98 Å².